The number of hydrogen-bond acceptors (Lipinski definition) is 7. The standard InChI is InChI=1S/C27H29N5OS2/c1-17(2)28-12-14-33-21-9-7-20(8-10-21)24-19(4)23-26(31-32-13-11-18(3)16-32)29-25(30-27(23)35-24)22-6-5-15-34-22/h5-11,13,15-17,28H,12,14H2,1-4H3,(H,29,30,31). The molecule has 35 heavy (non-hydrogen) atoms. The van der Waals surface area contributed by atoms with Crippen LogP contribution in [0.15, 0.2) is 60.2 Å². The van der Waals surface area contributed by atoms with E-state index >= 15 is 0 Å². The predicted molar refractivity (Wildman–Crippen MR) is 148 cm³/mol. The molecule has 8 heteroatoms. The molecule has 0 saturated heterocycles. The number of aromatic nitrogens is 3. The highest BCUT2D eigenvalue weighted by Crippen LogP contribution is 2.41. The number of nitrogens with one attached hydrogen (secondary N) is 2. The maximum absolute atomic E-state index is 5.89. The van der Waals surface area contributed by atoms with Crippen LogP contribution >= 0.6 is 22.7 Å². The van der Waals surface area contributed by atoms with Crippen LogP contribution in [0.4, 0.5) is 5.82 Å². The molecule has 1 aromatic carbocycles. The number of hydrogen-bond donors (Lipinski definition) is 2. The third-order valence-corrected chi connectivity index (χ3v) is 7.75. The van der Waals surface area contributed by atoms with Crippen LogP contribution in [0.1, 0.15) is 25.0 Å². The van der Waals surface area contributed by atoms with Crippen LogP contribution in [0.25, 0.3) is 31.4 Å². The number of fused-ring (bicyclic) bond motifs is 1. The highest BCUT2D eigenvalue weighted by molar-refractivity contribution is 7.22. The second-order valence-corrected chi connectivity index (χ2v) is 10.7. The Hall–Kier alpha value is -3.20. The molecular weight excluding hydrogens is 474 g/mol. The summed E-state index contributed by atoms with van der Waals surface area (Å²) >= 11 is 3.35. The summed E-state index contributed by atoms with van der Waals surface area (Å²) in [5.74, 6) is 2.43. The molecule has 0 bridgehead atoms. The number of nitrogens with zero attached hydrogens (tertiary/aromatic N) is 3. The van der Waals surface area contributed by atoms with Crippen LogP contribution in [-0.4, -0.2) is 33.8 Å². The molecular formula is C27H29N5OS2. The minimum atomic E-state index is 0.460. The summed E-state index contributed by atoms with van der Waals surface area (Å²) in [6.45, 7) is 9.97. The number of aryl methyl sites for hydroxylation is 2. The highest BCUT2D eigenvalue weighted by atomic mass is 32.1. The van der Waals surface area contributed by atoms with Gasteiger partial charge in [0.25, 0.3) is 0 Å². The van der Waals surface area contributed by atoms with Gasteiger partial charge in [-0.2, -0.15) is 0 Å². The van der Waals surface area contributed by atoms with E-state index in [0.717, 1.165) is 44.6 Å². The lowest BCUT2D eigenvalue weighted by Crippen LogP contribution is -2.27. The summed E-state index contributed by atoms with van der Waals surface area (Å²) < 4.78 is 7.84. The Kier molecular flexibility index (Phi) is 6.86. The molecule has 4 aromatic heterocycles. The van der Waals surface area contributed by atoms with Gasteiger partial charge in [0.15, 0.2) is 11.6 Å². The monoisotopic (exact) mass is 503 g/mol. The van der Waals surface area contributed by atoms with Crippen molar-refractivity contribution in [3.63, 3.8) is 0 Å². The van der Waals surface area contributed by atoms with Crippen LogP contribution in [0.2, 0.25) is 0 Å². The molecule has 0 spiro atoms. The average Bonchev–Trinajstić information content (AvgIpc) is 3.58. The Bertz CT molecular complexity index is 1420. The zero-order valence-corrected chi connectivity index (χ0v) is 22.0. The zero-order chi connectivity index (χ0) is 24.4. The molecule has 0 radical (unpaired) electrons. The molecule has 0 aliphatic carbocycles. The van der Waals surface area contributed by atoms with Crippen LogP contribution < -0.4 is 15.5 Å². The van der Waals surface area contributed by atoms with Gasteiger partial charge in [-0.25, -0.2) is 9.97 Å². The molecule has 0 fully saturated rings. The third-order valence-electron chi connectivity index (χ3n) is 5.65. The fourth-order valence-corrected chi connectivity index (χ4v) is 5.77. The zero-order valence-electron chi connectivity index (χ0n) is 20.3. The first-order valence-electron chi connectivity index (χ1n) is 11.7. The average molecular weight is 504 g/mol. The first kappa shape index (κ1) is 23.5. The van der Waals surface area contributed by atoms with E-state index in [1.807, 2.05) is 29.1 Å². The van der Waals surface area contributed by atoms with Crippen molar-refractivity contribution in [1.29, 1.82) is 0 Å². The molecule has 0 amide bonds. The van der Waals surface area contributed by atoms with Crippen LogP contribution in [0, 0.1) is 13.8 Å². The maximum Gasteiger partial charge on any atom is 0.173 e. The van der Waals surface area contributed by atoms with E-state index in [9.17, 15) is 0 Å². The number of benzene rings is 1. The molecule has 5 aromatic rings. The van der Waals surface area contributed by atoms with E-state index in [1.54, 1.807) is 22.7 Å². The van der Waals surface area contributed by atoms with E-state index < -0.39 is 0 Å². The van der Waals surface area contributed by atoms with Crippen molar-refractivity contribution in [2.24, 2.45) is 0 Å². The molecule has 4 heterocycles. The second-order valence-electron chi connectivity index (χ2n) is 8.80. The van der Waals surface area contributed by atoms with Gasteiger partial charge in [0.2, 0.25) is 0 Å². The van der Waals surface area contributed by atoms with E-state index in [4.69, 9.17) is 14.7 Å². The number of thiophene rings is 2. The van der Waals surface area contributed by atoms with Crippen molar-refractivity contribution < 1.29 is 4.74 Å². The topological polar surface area (TPSA) is 64.0 Å². The van der Waals surface area contributed by atoms with Gasteiger partial charge in [-0.15, -0.1) is 22.7 Å². The fourth-order valence-electron chi connectivity index (χ4n) is 3.93. The van der Waals surface area contributed by atoms with Crippen molar-refractivity contribution in [3.8, 4) is 26.9 Å². The van der Waals surface area contributed by atoms with Gasteiger partial charge in [-0.3, -0.25) is 10.1 Å². The van der Waals surface area contributed by atoms with E-state index in [0.29, 0.717) is 12.6 Å². The molecule has 5 rings (SSSR count). The van der Waals surface area contributed by atoms with Crippen LogP contribution in [0.5, 0.6) is 5.75 Å². The van der Waals surface area contributed by atoms with Crippen molar-refractivity contribution in [2.45, 2.75) is 33.7 Å². The molecule has 180 valence electrons. The molecule has 0 aliphatic rings. The molecule has 2 N–H and O–H groups in total. The Morgan fingerprint density at radius 1 is 1.06 bits per heavy atom. The van der Waals surface area contributed by atoms with E-state index in [-0.39, 0.29) is 0 Å². The molecule has 6 nitrogen and oxygen atoms in total. The maximum atomic E-state index is 5.89. The van der Waals surface area contributed by atoms with E-state index in [2.05, 4.69) is 74.3 Å². The largest absolute Gasteiger partial charge is 0.492 e. The van der Waals surface area contributed by atoms with Crippen molar-refractivity contribution in [2.75, 3.05) is 18.6 Å². The predicted octanol–water partition coefficient (Wildman–Crippen LogP) is 6.76. The van der Waals surface area contributed by atoms with Crippen molar-refractivity contribution in [1.82, 2.24) is 20.0 Å². The molecule has 0 saturated carbocycles. The number of anilines is 1. The fraction of sp³-hybridized carbons (Fsp3) is 0.259. The van der Waals surface area contributed by atoms with Gasteiger partial charge in [0, 0.05) is 29.9 Å². The molecule has 0 aliphatic heterocycles. The Morgan fingerprint density at radius 2 is 1.89 bits per heavy atom. The summed E-state index contributed by atoms with van der Waals surface area (Å²) in [7, 11) is 0. The number of rotatable bonds is 9. The lowest BCUT2D eigenvalue weighted by atomic mass is 10.1. The summed E-state index contributed by atoms with van der Waals surface area (Å²) in [6, 6.07) is 15.0. The van der Waals surface area contributed by atoms with Gasteiger partial charge in [0.1, 0.15) is 17.2 Å². The van der Waals surface area contributed by atoms with Gasteiger partial charge < -0.3 is 10.1 Å². The lowest BCUT2D eigenvalue weighted by Gasteiger charge is -2.11. The quantitative estimate of drug-likeness (QED) is 0.218. The van der Waals surface area contributed by atoms with Crippen molar-refractivity contribution in [3.05, 3.63) is 71.4 Å². The normalized spacial score (nSPS) is 11.5. The minimum Gasteiger partial charge on any atom is -0.492 e. The Labute approximate surface area is 213 Å². The summed E-state index contributed by atoms with van der Waals surface area (Å²) in [4.78, 5) is 13.1. The first-order valence-corrected chi connectivity index (χ1v) is 13.4. The lowest BCUT2D eigenvalue weighted by molar-refractivity contribution is 0.309. The molecule has 0 atom stereocenters. The van der Waals surface area contributed by atoms with Crippen LogP contribution in [0.3, 0.4) is 0 Å². The minimum absolute atomic E-state index is 0.460. The first-order chi connectivity index (χ1) is 17.0. The third kappa shape index (κ3) is 5.24. The Morgan fingerprint density at radius 3 is 2.57 bits per heavy atom. The van der Waals surface area contributed by atoms with E-state index in [1.165, 1.54) is 16.0 Å². The van der Waals surface area contributed by atoms with Gasteiger partial charge in [0.05, 0.1) is 10.3 Å². The van der Waals surface area contributed by atoms with Crippen molar-refractivity contribution >= 4 is 38.7 Å². The Balaban J connectivity index is 1.49. The smallest absolute Gasteiger partial charge is 0.173 e. The summed E-state index contributed by atoms with van der Waals surface area (Å²) in [5.41, 5.74) is 6.98. The van der Waals surface area contributed by atoms with Crippen LogP contribution in [-0.2, 0) is 0 Å². The summed E-state index contributed by atoms with van der Waals surface area (Å²) in [5, 5.41) is 6.48. The van der Waals surface area contributed by atoms with Gasteiger partial charge in [-0.1, -0.05) is 19.9 Å². The summed E-state index contributed by atoms with van der Waals surface area (Å²) in [6.07, 6.45) is 4.06. The molecule has 0 unspecified atom stereocenters. The van der Waals surface area contributed by atoms with Gasteiger partial charge >= 0.3 is 0 Å². The SMILES string of the molecule is Cc1ccn(Nc2nc(-c3cccs3)nc3sc(-c4ccc(OCCNC(C)C)cc4)c(C)c23)c1. The highest BCUT2D eigenvalue weighted by Gasteiger charge is 2.19. The number of ether oxygens (including phenoxy) is 1. The van der Waals surface area contributed by atoms with Gasteiger partial charge in [-0.05, 0) is 72.3 Å². The second kappa shape index (κ2) is 10.2.